The summed E-state index contributed by atoms with van der Waals surface area (Å²) >= 11 is 3.58. The lowest BCUT2D eigenvalue weighted by Crippen LogP contribution is -1.98. The first-order chi connectivity index (χ1) is 9.15. The predicted molar refractivity (Wildman–Crippen MR) is 76.7 cm³/mol. The molecular formula is C15H14BrFO2. The standard InChI is InChI=1S/C15H14BrFO2/c1-18-12-5-3-4-10(8-12)15(16)13-9-11(17)6-7-14(13)19-2/h3-9,15H,1-2H3. The summed E-state index contributed by atoms with van der Waals surface area (Å²) in [6.07, 6.45) is 0. The van der Waals surface area contributed by atoms with Crippen molar-refractivity contribution in [1.82, 2.24) is 0 Å². The number of halogens is 2. The van der Waals surface area contributed by atoms with Gasteiger partial charge < -0.3 is 9.47 Å². The van der Waals surface area contributed by atoms with Crippen molar-refractivity contribution in [2.75, 3.05) is 14.2 Å². The van der Waals surface area contributed by atoms with E-state index in [9.17, 15) is 4.39 Å². The molecule has 100 valence electrons. The fourth-order valence-electron chi connectivity index (χ4n) is 1.88. The minimum Gasteiger partial charge on any atom is -0.497 e. The number of alkyl halides is 1. The van der Waals surface area contributed by atoms with Crippen molar-refractivity contribution in [2.45, 2.75) is 4.83 Å². The summed E-state index contributed by atoms with van der Waals surface area (Å²) in [4.78, 5) is -0.159. The Labute approximate surface area is 120 Å². The van der Waals surface area contributed by atoms with Gasteiger partial charge in [-0.25, -0.2) is 4.39 Å². The number of ether oxygens (including phenoxy) is 2. The number of rotatable bonds is 4. The second kappa shape index (κ2) is 6.06. The zero-order chi connectivity index (χ0) is 13.8. The van der Waals surface area contributed by atoms with Crippen molar-refractivity contribution < 1.29 is 13.9 Å². The molecule has 0 saturated carbocycles. The largest absolute Gasteiger partial charge is 0.497 e. The third kappa shape index (κ3) is 3.07. The van der Waals surface area contributed by atoms with E-state index in [1.54, 1.807) is 20.3 Å². The second-order valence-electron chi connectivity index (χ2n) is 4.03. The van der Waals surface area contributed by atoms with Gasteiger partial charge in [0, 0.05) is 5.56 Å². The normalized spacial score (nSPS) is 12.0. The molecule has 0 fully saturated rings. The summed E-state index contributed by atoms with van der Waals surface area (Å²) in [6, 6.07) is 12.1. The average molecular weight is 325 g/mol. The van der Waals surface area contributed by atoms with E-state index < -0.39 is 0 Å². The van der Waals surface area contributed by atoms with Crippen LogP contribution in [0.4, 0.5) is 4.39 Å². The van der Waals surface area contributed by atoms with Crippen LogP contribution < -0.4 is 9.47 Å². The number of methoxy groups -OCH3 is 2. The Morgan fingerprint density at radius 2 is 1.84 bits per heavy atom. The highest BCUT2D eigenvalue weighted by Crippen LogP contribution is 2.37. The van der Waals surface area contributed by atoms with Crippen molar-refractivity contribution in [2.24, 2.45) is 0 Å². The third-order valence-electron chi connectivity index (χ3n) is 2.85. The molecule has 0 aliphatic carbocycles. The van der Waals surface area contributed by atoms with Gasteiger partial charge in [0.25, 0.3) is 0 Å². The Morgan fingerprint density at radius 1 is 1.05 bits per heavy atom. The van der Waals surface area contributed by atoms with Gasteiger partial charge in [0.2, 0.25) is 0 Å². The zero-order valence-electron chi connectivity index (χ0n) is 10.7. The fourth-order valence-corrected chi connectivity index (χ4v) is 2.52. The topological polar surface area (TPSA) is 18.5 Å². The molecule has 0 heterocycles. The summed E-state index contributed by atoms with van der Waals surface area (Å²) in [5, 5.41) is 0. The summed E-state index contributed by atoms with van der Waals surface area (Å²) in [7, 11) is 3.19. The lowest BCUT2D eigenvalue weighted by Gasteiger charge is -2.15. The van der Waals surface area contributed by atoms with Crippen LogP contribution in [0.15, 0.2) is 42.5 Å². The molecule has 2 aromatic carbocycles. The molecule has 0 spiro atoms. The van der Waals surface area contributed by atoms with Crippen LogP contribution in [-0.2, 0) is 0 Å². The molecule has 1 atom stereocenters. The van der Waals surface area contributed by atoms with Gasteiger partial charge in [-0.15, -0.1) is 0 Å². The minimum atomic E-state index is -0.289. The van der Waals surface area contributed by atoms with Gasteiger partial charge in [0.15, 0.2) is 0 Å². The highest BCUT2D eigenvalue weighted by atomic mass is 79.9. The van der Waals surface area contributed by atoms with Gasteiger partial charge >= 0.3 is 0 Å². The van der Waals surface area contributed by atoms with E-state index in [1.165, 1.54) is 12.1 Å². The molecule has 0 N–H and O–H groups in total. The van der Waals surface area contributed by atoms with Crippen LogP contribution in [0.5, 0.6) is 11.5 Å². The van der Waals surface area contributed by atoms with Gasteiger partial charge in [-0.2, -0.15) is 0 Å². The first-order valence-electron chi connectivity index (χ1n) is 5.77. The smallest absolute Gasteiger partial charge is 0.123 e. The second-order valence-corrected chi connectivity index (χ2v) is 4.94. The molecular weight excluding hydrogens is 311 g/mol. The quantitative estimate of drug-likeness (QED) is 0.779. The molecule has 0 aliphatic heterocycles. The van der Waals surface area contributed by atoms with Crippen LogP contribution in [0.1, 0.15) is 16.0 Å². The lowest BCUT2D eigenvalue weighted by molar-refractivity contribution is 0.408. The Bertz CT molecular complexity index is 572. The monoisotopic (exact) mass is 324 g/mol. The fraction of sp³-hybridized carbons (Fsp3) is 0.200. The van der Waals surface area contributed by atoms with Crippen LogP contribution in [0, 0.1) is 5.82 Å². The van der Waals surface area contributed by atoms with Crippen LogP contribution in [0.3, 0.4) is 0 Å². The molecule has 1 unspecified atom stereocenters. The SMILES string of the molecule is COc1cccc(C(Br)c2cc(F)ccc2OC)c1. The van der Waals surface area contributed by atoms with Gasteiger partial charge in [-0.1, -0.05) is 28.1 Å². The molecule has 0 bridgehead atoms. The van der Waals surface area contributed by atoms with E-state index in [-0.39, 0.29) is 10.6 Å². The third-order valence-corrected chi connectivity index (χ3v) is 3.87. The molecule has 0 amide bonds. The van der Waals surface area contributed by atoms with Gasteiger partial charge in [0.1, 0.15) is 17.3 Å². The van der Waals surface area contributed by atoms with Gasteiger partial charge in [-0.3, -0.25) is 0 Å². The number of hydrogen-bond acceptors (Lipinski definition) is 2. The minimum absolute atomic E-state index is 0.159. The Balaban J connectivity index is 2.42. The molecule has 0 aliphatic rings. The maximum absolute atomic E-state index is 13.4. The molecule has 0 aromatic heterocycles. The van der Waals surface area contributed by atoms with Crippen LogP contribution in [-0.4, -0.2) is 14.2 Å². The highest BCUT2D eigenvalue weighted by molar-refractivity contribution is 9.09. The van der Waals surface area contributed by atoms with Crippen molar-refractivity contribution in [1.29, 1.82) is 0 Å². The predicted octanol–water partition coefficient (Wildman–Crippen LogP) is 4.33. The number of benzene rings is 2. The van der Waals surface area contributed by atoms with E-state index >= 15 is 0 Å². The molecule has 2 nitrogen and oxygen atoms in total. The van der Waals surface area contributed by atoms with Crippen molar-refractivity contribution in [3.63, 3.8) is 0 Å². The maximum Gasteiger partial charge on any atom is 0.123 e. The molecule has 19 heavy (non-hydrogen) atoms. The first kappa shape index (κ1) is 13.9. The van der Waals surface area contributed by atoms with Gasteiger partial charge in [0.05, 0.1) is 19.0 Å². The summed E-state index contributed by atoms with van der Waals surface area (Å²) in [5.41, 5.74) is 1.72. The molecule has 0 radical (unpaired) electrons. The van der Waals surface area contributed by atoms with E-state index in [0.29, 0.717) is 5.75 Å². The Kier molecular flexibility index (Phi) is 4.43. The van der Waals surface area contributed by atoms with E-state index in [2.05, 4.69) is 15.9 Å². The van der Waals surface area contributed by atoms with E-state index in [4.69, 9.17) is 9.47 Å². The summed E-state index contributed by atoms with van der Waals surface area (Å²) < 4.78 is 23.9. The highest BCUT2D eigenvalue weighted by Gasteiger charge is 2.16. The van der Waals surface area contributed by atoms with Crippen molar-refractivity contribution in [3.05, 3.63) is 59.4 Å². The van der Waals surface area contributed by atoms with Crippen molar-refractivity contribution in [3.8, 4) is 11.5 Å². The van der Waals surface area contributed by atoms with Crippen molar-refractivity contribution >= 4 is 15.9 Å². The average Bonchev–Trinajstić information content (AvgIpc) is 2.46. The van der Waals surface area contributed by atoms with E-state index in [1.807, 2.05) is 24.3 Å². The zero-order valence-corrected chi connectivity index (χ0v) is 12.3. The first-order valence-corrected chi connectivity index (χ1v) is 6.68. The molecule has 2 aromatic rings. The number of hydrogen-bond donors (Lipinski definition) is 0. The Hall–Kier alpha value is -1.55. The molecule has 4 heteroatoms. The van der Waals surface area contributed by atoms with Crippen LogP contribution in [0.25, 0.3) is 0 Å². The van der Waals surface area contributed by atoms with Crippen LogP contribution in [0.2, 0.25) is 0 Å². The Morgan fingerprint density at radius 3 is 2.53 bits per heavy atom. The van der Waals surface area contributed by atoms with E-state index in [0.717, 1.165) is 16.9 Å². The summed E-state index contributed by atoms with van der Waals surface area (Å²) in [6.45, 7) is 0. The molecule has 0 saturated heterocycles. The van der Waals surface area contributed by atoms with Crippen LogP contribution >= 0.6 is 15.9 Å². The maximum atomic E-state index is 13.4. The van der Waals surface area contributed by atoms with Gasteiger partial charge in [-0.05, 0) is 35.9 Å². The summed E-state index contributed by atoms with van der Waals surface area (Å²) in [5.74, 6) is 1.12. The molecule has 2 rings (SSSR count). The lowest BCUT2D eigenvalue weighted by atomic mass is 10.0.